The van der Waals surface area contributed by atoms with Crippen LogP contribution >= 0.6 is 0 Å². The number of hydrogen-bond acceptors (Lipinski definition) is 2. The molecule has 1 heterocycles. The summed E-state index contributed by atoms with van der Waals surface area (Å²) in [5.74, 6) is 0.810. The summed E-state index contributed by atoms with van der Waals surface area (Å²) in [6.07, 6.45) is 4.48. The maximum absolute atomic E-state index is 11.8. The van der Waals surface area contributed by atoms with E-state index in [2.05, 4.69) is 12.6 Å². The van der Waals surface area contributed by atoms with Crippen molar-refractivity contribution in [1.82, 2.24) is 4.90 Å². The molecule has 1 unspecified atom stereocenters. The maximum Gasteiger partial charge on any atom is 0.225 e. The van der Waals surface area contributed by atoms with Crippen molar-refractivity contribution in [2.24, 2.45) is 17.8 Å². The van der Waals surface area contributed by atoms with Crippen molar-refractivity contribution in [3.63, 3.8) is 0 Å². The van der Waals surface area contributed by atoms with Crippen LogP contribution in [0.15, 0.2) is 12.7 Å². The van der Waals surface area contributed by atoms with Gasteiger partial charge in [0.1, 0.15) is 0 Å². The summed E-state index contributed by atoms with van der Waals surface area (Å²) >= 11 is 0. The lowest BCUT2D eigenvalue weighted by atomic mass is 9.83. The lowest BCUT2D eigenvalue weighted by Crippen LogP contribution is -2.41. The molecule has 1 saturated heterocycles. The molecular weight excluding hydrogens is 236 g/mol. The smallest absolute Gasteiger partial charge is 0.225 e. The van der Waals surface area contributed by atoms with Crippen molar-refractivity contribution in [3.05, 3.63) is 12.7 Å². The Bertz CT molecular complexity index is 309. The number of hydrogen-bond donors (Lipinski definition) is 0. The lowest BCUT2D eigenvalue weighted by Gasteiger charge is -2.34. The van der Waals surface area contributed by atoms with Crippen LogP contribution < -0.4 is 0 Å². The maximum atomic E-state index is 11.8. The number of piperidine rings is 1. The quantitative estimate of drug-likeness (QED) is 0.728. The van der Waals surface area contributed by atoms with Gasteiger partial charge in [0.05, 0.1) is 12.0 Å². The van der Waals surface area contributed by atoms with Crippen LogP contribution in [0.4, 0.5) is 0 Å². The molecule has 19 heavy (non-hydrogen) atoms. The number of rotatable bonds is 4. The average molecular weight is 264 g/mol. The highest BCUT2D eigenvalue weighted by Gasteiger charge is 2.28. The van der Waals surface area contributed by atoms with Gasteiger partial charge in [-0.15, -0.1) is 6.58 Å². The van der Waals surface area contributed by atoms with Crippen LogP contribution in [0, 0.1) is 29.1 Å². The van der Waals surface area contributed by atoms with Crippen molar-refractivity contribution in [3.8, 4) is 6.07 Å². The molecule has 3 heteroatoms. The summed E-state index contributed by atoms with van der Waals surface area (Å²) in [6.45, 7) is 13.2. The number of nitrogens with zero attached hydrogens (tertiary/aromatic N) is 2. The summed E-state index contributed by atoms with van der Waals surface area (Å²) < 4.78 is 0. The first-order valence-corrected chi connectivity index (χ1v) is 7.39. The highest BCUT2D eigenvalue weighted by Crippen LogP contribution is 2.27. The molecule has 0 aromatic rings. The zero-order chi connectivity index (χ0) is 14.8. The number of nitriles is 1. The van der Waals surface area contributed by atoms with Gasteiger partial charge >= 0.3 is 0 Å². The van der Waals surface area contributed by atoms with Crippen molar-refractivity contribution in [2.75, 3.05) is 13.1 Å². The van der Waals surface area contributed by atoms with Crippen LogP contribution in [0.1, 0.15) is 47.0 Å². The third-order valence-electron chi connectivity index (χ3n) is 3.50. The fraction of sp³-hybridized carbons (Fsp3) is 0.750. The third-order valence-corrected chi connectivity index (χ3v) is 3.50. The molecule has 0 aromatic heterocycles. The highest BCUT2D eigenvalue weighted by atomic mass is 16.2. The standard InChI is InChI=1S/C14H22N2O.C2H6/c1-4-5-13(10-15)12-6-8-16(9-7-12)14(17)11(2)3;1-2/h4,11-13H,1,5-9H2,2-3H3;1-2H3. The van der Waals surface area contributed by atoms with Crippen molar-refractivity contribution in [2.45, 2.75) is 47.0 Å². The SMILES string of the molecule is C=CCC(C#N)C1CCN(C(=O)C(C)C)CC1.CC. The summed E-state index contributed by atoms with van der Waals surface area (Å²) in [5.41, 5.74) is 0. The summed E-state index contributed by atoms with van der Waals surface area (Å²) in [5, 5.41) is 9.09. The molecule has 1 fully saturated rings. The van der Waals surface area contributed by atoms with E-state index in [0.717, 1.165) is 32.4 Å². The number of allylic oxidation sites excluding steroid dienone is 1. The van der Waals surface area contributed by atoms with Gasteiger partial charge in [-0.25, -0.2) is 0 Å². The van der Waals surface area contributed by atoms with Gasteiger partial charge in [-0.05, 0) is 25.2 Å². The molecule has 0 spiro atoms. The lowest BCUT2D eigenvalue weighted by molar-refractivity contribution is -0.136. The van der Waals surface area contributed by atoms with Crippen LogP contribution in [0.3, 0.4) is 0 Å². The monoisotopic (exact) mass is 264 g/mol. The Morgan fingerprint density at radius 3 is 2.32 bits per heavy atom. The molecule has 1 atom stereocenters. The average Bonchev–Trinajstić information content (AvgIpc) is 2.46. The number of carbonyl (C=O) groups excluding carboxylic acids is 1. The molecule has 1 aliphatic heterocycles. The van der Waals surface area contributed by atoms with Crippen LogP contribution in [0.25, 0.3) is 0 Å². The second-order valence-electron chi connectivity index (χ2n) is 5.08. The summed E-state index contributed by atoms with van der Waals surface area (Å²) in [6, 6.07) is 2.36. The van der Waals surface area contributed by atoms with Gasteiger partial charge in [0.15, 0.2) is 0 Å². The molecule has 0 aliphatic carbocycles. The zero-order valence-corrected chi connectivity index (χ0v) is 12.9. The Morgan fingerprint density at radius 1 is 1.42 bits per heavy atom. The van der Waals surface area contributed by atoms with Gasteiger partial charge in [0.25, 0.3) is 0 Å². The highest BCUT2D eigenvalue weighted by molar-refractivity contribution is 5.78. The van der Waals surface area contributed by atoms with E-state index in [1.807, 2.05) is 38.7 Å². The van der Waals surface area contributed by atoms with E-state index in [1.165, 1.54) is 0 Å². The summed E-state index contributed by atoms with van der Waals surface area (Å²) in [7, 11) is 0. The van der Waals surface area contributed by atoms with Gasteiger partial charge in [0.2, 0.25) is 5.91 Å². The number of carbonyl (C=O) groups is 1. The predicted molar refractivity (Wildman–Crippen MR) is 79.4 cm³/mol. The van der Waals surface area contributed by atoms with E-state index in [1.54, 1.807) is 0 Å². The van der Waals surface area contributed by atoms with Crippen LogP contribution in [0.2, 0.25) is 0 Å². The molecular formula is C16H28N2O. The normalized spacial score (nSPS) is 17.2. The van der Waals surface area contributed by atoms with Crippen LogP contribution in [-0.2, 0) is 4.79 Å². The van der Waals surface area contributed by atoms with E-state index in [4.69, 9.17) is 5.26 Å². The molecule has 3 nitrogen and oxygen atoms in total. The minimum Gasteiger partial charge on any atom is -0.342 e. The zero-order valence-electron chi connectivity index (χ0n) is 12.9. The molecule has 108 valence electrons. The van der Waals surface area contributed by atoms with Crippen LogP contribution in [0.5, 0.6) is 0 Å². The fourth-order valence-corrected chi connectivity index (χ4v) is 2.42. The number of likely N-dealkylation sites (tertiary alicyclic amines) is 1. The van der Waals surface area contributed by atoms with E-state index < -0.39 is 0 Å². The van der Waals surface area contributed by atoms with Gasteiger partial charge < -0.3 is 4.90 Å². The Hall–Kier alpha value is -1.30. The molecule has 0 saturated carbocycles. The Balaban J connectivity index is 0.00000154. The first kappa shape index (κ1) is 17.7. The second-order valence-corrected chi connectivity index (χ2v) is 5.08. The molecule has 1 aliphatic rings. The first-order chi connectivity index (χ1) is 9.10. The van der Waals surface area contributed by atoms with Crippen LogP contribution in [-0.4, -0.2) is 23.9 Å². The largest absolute Gasteiger partial charge is 0.342 e. The van der Waals surface area contributed by atoms with Gasteiger partial charge in [0, 0.05) is 19.0 Å². The second kappa shape index (κ2) is 9.61. The molecule has 1 amide bonds. The Labute approximate surface area is 118 Å². The van der Waals surface area contributed by atoms with Gasteiger partial charge in [-0.3, -0.25) is 4.79 Å². The van der Waals surface area contributed by atoms with Gasteiger partial charge in [-0.2, -0.15) is 5.26 Å². The number of amides is 1. The summed E-state index contributed by atoms with van der Waals surface area (Å²) in [4.78, 5) is 13.7. The van der Waals surface area contributed by atoms with E-state index >= 15 is 0 Å². The van der Waals surface area contributed by atoms with Crippen molar-refractivity contribution < 1.29 is 4.79 Å². The molecule has 0 bridgehead atoms. The van der Waals surface area contributed by atoms with E-state index in [-0.39, 0.29) is 17.7 Å². The van der Waals surface area contributed by atoms with E-state index in [9.17, 15) is 4.79 Å². The van der Waals surface area contributed by atoms with Crippen molar-refractivity contribution >= 4 is 5.91 Å². The fourth-order valence-electron chi connectivity index (χ4n) is 2.42. The minimum absolute atomic E-state index is 0.0730. The Kier molecular flexibility index (Phi) is 8.95. The predicted octanol–water partition coefficient (Wildman–Crippen LogP) is 3.62. The molecule has 0 aromatic carbocycles. The van der Waals surface area contributed by atoms with Gasteiger partial charge in [-0.1, -0.05) is 33.8 Å². The minimum atomic E-state index is 0.0730. The topological polar surface area (TPSA) is 44.1 Å². The van der Waals surface area contributed by atoms with Crippen molar-refractivity contribution in [1.29, 1.82) is 5.26 Å². The Morgan fingerprint density at radius 2 is 1.95 bits per heavy atom. The molecule has 1 rings (SSSR count). The molecule has 0 radical (unpaired) electrons. The van der Waals surface area contributed by atoms with E-state index in [0.29, 0.717) is 5.92 Å². The first-order valence-electron chi connectivity index (χ1n) is 7.39. The molecule has 0 N–H and O–H groups in total. The third kappa shape index (κ3) is 5.46.